The summed E-state index contributed by atoms with van der Waals surface area (Å²) in [5.74, 6) is 0. The number of hydrogen-bond donors (Lipinski definition) is 0. The van der Waals surface area contributed by atoms with Crippen LogP contribution in [0.4, 0.5) is 11.4 Å². The van der Waals surface area contributed by atoms with Crippen LogP contribution in [0.5, 0.6) is 0 Å². The van der Waals surface area contributed by atoms with Gasteiger partial charge in [-0.1, -0.05) is 43.8 Å². The summed E-state index contributed by atoms with van der Waals surface area (Å²) < 4.78 is 0. The molecule has 0 aliphatic rings. The lowest BCUT2D eigenvalue weighted by atomic mass is 10.1. The average molecular weight is 434 g/mol. The number of nitrogens with zero attached hydrogens (tertiary/aromatic N) is 2. The fourth-order valence-corrected chi connectivity index (χ4v) is 3.55. The van der Waals surface area contributed by atoms with Gasteiger partial charge in [-0.15, -0.1) is 33.2 Å². The van der Waals surface area contributed by atoms with E-state index >= 15 is 0 Å². The number of rotatable bonds is 5. The minimum absolute atomic E-state index is 0.0163. The molecule has 2 rings (SSSR count). The van der Waals surface area contributed by atoms with Gasteiger partial charge in [0.2, 0.25) is 0 Å². The van der Waals surface area contributed by atoms with Crippen LogP contribution in [0.1, 0.15) is 23.6 Å². The quantitative estimate of drug-likeness (QED) is 0.245. The first-order valence-corrected chi connectivity index (χ1v) is 12.4. The Hall–Kier alpha value is -1.93. The van der Waals surface area contributed by atoms with Crippen molar-refractivity contribution in [1.82, 2.24) is 0 Å². The molecule has 0 spiro atoms. The van der Waals surface area contributed by atoms with Crippen LogP contribution >= 0.6 is 33.2 Å². The van der Waals surface area contributed by atoms with E-state index in [4.69, 9.17) is 33.2 Å². The highest BCUT2D eigenvalue weighted by Crippen LogP contribution is 2.37. The summed E-state index contributed by atoms with van der Waals surface area (Å²) in [7, 11) is 0. The Balaban J connectivity index is 0.000000273. The van der Waals surface area contributed by atoms with Crippen LogP contribution in [0.25, 0.3) is 6.08 Å². The molecule has 0 aliphatic heterocycles. The molecule has 2 aromatic rings. The molecule has 0 heterocycles. The van der Waals surface area contributed by atoms with E-state index in [2.05, 4.69) is 6.58 Å². The van der Waals surface area contributed by atoms with Crippen LogP contribution in [0.15, 0.2) is 55.1 Å². The fraction of sp³-hybridized carbons (Fsp3) is 0.125. The lowest BCUT2D eigenvalue weighted by Crippen LogP contribution is -2.20. The highest BCUT2D eigenvalue weighted by atomic mass is 35.8. The molecule has 1 atom stereocenters. The summed E-state index contributed by atoms with van der Waals surface area (Å²) in [6.45, 7) is 5.27. The summed E-state index contributed by atoms with van der Waals surface area (Å²) in [5, 5.41) is 20.8. The topological polar surface area (TPSA) is 86.3 Å². The second kappa shape index (κ2) is 9.68. The predicted molar refractivity (Wildman–Crippen MR) is 108 cm³/mol. The van der Waals surface area contributed by atoms with Gasteiger partial charge in [0.05, 0.1) is 9.85 Å². The van der Waals surface area contributed by atoms with Crippen molar-refractivity contribution in [2.75, 3.05) is 0 Å². The second-order valence-electron chi connectivity index (χ2n) is 5.17. The monoisotopic (exact) mass is 432 g/mol. The summed E-state index contributed by atoms with van der Waals surface area (Å²) >= 11 is 17.5. The lowest BCUT2D eigenvalue weighted by molar-refractivity contribution is -0.385. The van der Waals surface area contributed by atoms with Crippen LogP contribution in [0, 0.1) is 20.2 Å². The van der Waals surface area contributed by atoms with Gasteiger partial charge in [0.1, 0.15) is 0 Å². The third kappa shape index (κ3) is 6.76. The first-order valence-electron chi connectivity index (χ1n) is 7.24. The molecule has 1 unspecified atom stereocenters. The van der Waals surface area contributed by atoms with E-state index < -0.39 is 15.8 Å². The van der Waals surface area contributed by atoms with Crippen LogP contribution in [-0.2, 0) is 0 Å². The molecule has 0 saturated carbocycles. The highest BCUT2D eigenvalue weighted by molar-refractivity contribution is 7.65. The Labute approximate surface area is 165 Å². The molecule has 26 heavy (non-hydrogen) atoms. The molecule has 0 bridgehead atoms. The van der Waals surface area contributed by atoms with Crippen LogP contribution in [0.2, 0.25) is 0 Å². The Morgan fingerprint density at radius 1 is 1.00 bits per heavy atom. The van der Waals surface area contributed by atoms with Crippen LogP contribution in [0.3, 0.4) is 0 Å². The van der Waals surface area contributed by atoms with Crippen molar-refractivity contribution in [3.63, 3.8) is 0 Å². The van der Waals surface area contributed by atoms with Gasteiger partial charge < -0.3 is 0 Å². The van der Waals surface area contributed by atoms with E-state index in [1.165, 1.54) is 24.3 Å². The molecule has 10 heteroatoms. The molecule has 0 amide bonds. The maximum Gasteiger partial charge on any atom is 0.348 e. The molecule has 0 aliphatic carbocycles. The molecule has 138 valence electrons. The summed E-state index contributed by atoms with van der Waals surface area (Å²) in [5.41, 5.74) is 1.31. The van der Waals surface area contributed by atoms with Gasteiger partial charge in [-0.25, -0.2) is 0 Å². The van der Waals surface area contributed by atoms with Gasteiger partial charge in [-0.3, -0.25) is 20.2 Å². The van der Waals surface area contributed by atoms with E-state index in [1.807, 2.05) is 0 Å². The average Bonchev–Trinajstić information content (AvgIpc) is 2.61. The number of nitro groups is 2. The largest absolute Gasteiger partial charge is 0.348 e. The van der Waals surface area contributed by atoms with Crippen LogP contribution < -0.4 is 0 Å². The standard InChI is InChI=1S/C8H8Cl3NO2Si.C8H7NO2/c1-6(15(9,10)11)7-3-2-4-8(5-7)12(13)14;1-2-7-4-3-5-8(6-7)9(10)11/h2-6H,1H3;2-6H,1H2. The van der Waals surface area contributed by atoms with Crippen molar-refractivity contribution in [1.29, 1.82) is 0 Å². The minimum Gasteiger partial charge on any atom is -0.258 e. The zero-order chi connectivity index (χ0) is 19.9. The highest BCUT2D eigenvalue weighted by Gasteiger charge is 2.34. The lowest BCUT2D eigenvalue weighted by Gasteiger charge is -2.17. The maximum atomic E-state index is 10.5. The zero-order valence-corrected chi connectivity index (χ0v) is 16.9. The normalized spacial score (nSPS) is 11.7. The molecule has 0 aromatic heterocycles. The summed E-state index contributed by atoms with van der Waals surface area (Å²) in [6, 6.07) is 9.64. The van der Waals surface area contributed by atoms with Gasteiger partial charge in [0.15, 0.2) is 0 Å². The molecule has 2 aromatic carbocycles. The number of benzene rings is 2. The first-order chi connectivity index (χ1) is 12.1. The van der Waals surface area contributed by atoms with E-state index in [9.17, 15) is 20.2 Å². The van der Waals surface area contributed by atoms with E-state index in [0.717, 1.165) is 5.56 Å². The Bertz CT molecular complexity index is 812. The Kier molecular flexibility index (Phi) is 8.23. The van der Waals surface area contributed by atoms with E-state index in [1.54, 1.807) is 37.3 Å². The van der Waals surface area contributed by atoms with Gasteiger partial charge >= 0.3 is 6.00 Å². The van der Waals surface area contributed by atoms with E-state index in [0.29, 0.717) is 5.56 Å². The predicted octanol–water partition coefficient (Wildman–Crippen LogP) is 6.13. The Morgan fingerprint density at radius 3 is 1.96 bits per heavy atom. The number of nitro benzene ring substituents is 2. The number of non-ortho nitro benzene ring substituents is 2. The molecular formula is C16H15Cl3N2O4Si. The van der Waals surface area contributed by atoms with Crippen molar-refractivity contribution in [2.45, 2.75) is 12.5 Å². The number of halogens is 3. The third-order valence-electron chi connectivity index (χ3n) is 3.39. The van der Waals surface area contributed by atoms with Gasteiger partial charge in [-0.2, -0.15) is 0 Å². The number of hydrogen-bond acceptors (Lipinski definition) is 4. The third-order valence-corrected chi connectivity index (χ3v) is 7.65. The molecule has 6 nitrogen and oxygen atoms in total. The van der Waals surface area contributed by atoms with Crippen molar-refractivity contribution in [3.05, 3.63) is 86.5 Å². The minimum atomic E-state index is -2.87. The van der Waals surface area contributed by atoms with Gasteiger partial charge in [0, 0.05) is 29.8 Å². The molecular weight excluding hydrogens is 419 g/mol. The van der Waals surface area contributed by atoms with Crippen molar-refractivity contribution in [2.24, 2.45) is 0 Å². The van der Waals surface area contributed by atoms with Crippen molar-refractivity contribution in [3.8, 4) is 0 Å². The summed E-state index contributed by atoms with van der Waals surface area (Å²) in [6.07, 6.45) is 1.58. The Morgan fingerprint density at radius 2 is 1.50 bits per heavy atom. The van der Waals surface area contributed by atoms with Crippen molar-refractivity contribution >= 4 is 56.7 Å². The SMILES string of the molecule is C=Cc1cccc([N+](=O)[O-])c1.CC(c1cccc([N+](=O)[O-])c1)[Si](Cl)(Cl)Cl. The van der Waals surface area contributed by atoms with Crippen LogP contribution in [-0.4, -0.2) is 15.8 Å². The van der Waals surface area contributed by atoms with Gasteiger partial charge in [-0.05, 0) is 11.1 Å². The van der Waals surface area contributed by atoms with Gasteiger partial charge in [0.25, 0.3) is 11.4 Å². The molecule has 0 N–H and O–H groups in total. The van der Waals surface area contributed by atoms with E-state index in [-0.39, 0.29) is 16.9 Å². The second-order valence-corrected chi connectivity index (χ2v) is 14.2. The smallest absolute Gasteiger partial charge is 0.258 e. The molecule has 0 saturated heterocycles. The molecule has 0 radical (unpaired) electrons. The summed E-state index contributed by atoms with van der Waals surface area (Å²) in [4.78, 5) is 19.9. The maximum absolute atomic E-state index is 10.5. The fourth-order valence-electron chi connectivity index (χ4n) is 1.86. The zero-order valence-electron chi connectivity index (χ0n) is 13.6. The molecule has 0 fully saturated rings. The first kappa shape index (κ1) is 22.1. The van der Waals surface area contributed by atoms with Crippen molar-refractivity contribution < 1.29 is 9.85 Å².